The van der Waals surface area contributed by atoms with Crippen molar-refractivity contribution >= 4 is 29.1 Å². The second-order valence-corrected chi connectivity index (χ2v) is 6.01. The number of nitrogens with two attached hydrogens (primary N) is 1. The molecule has 0 aromatic carbocycles. The summed E-state index contributed by atoms with van der Waals surface area (Å²) in [6.45, 7) is 0. The summed E-state index contributed by atoms with van der Waals surface area (Å²) in [7, 11) is -2.12. The van der Waals surface area contributed by atoms with E-state index >= 15 is 0 Å². The van der Waals surface area contributed by atoms with Crippen LogP contribution in [0, 0.1) is 0 Å². The molecule has 0 saturated carbocycles. The first-order valence-corrected chi connectivity index (χ1v) is 5.95. The third kappa shape index (κ3) is 0.519. The number of hydrogen-bond donors (Lipinski definition) is 1. The first-order chi connectivity index (χ1) is 6.73. The Labute approximate surface area is 79.1 Å². The zero-order chi connectivity index (χ0) is 9.50. The van der Waals surface area contributed by atoms with Crippen LogP contribution >= 0.6 is 7.14 Å². The van der Waals surface area contributed by atoms with Gasteiger partial charge in [-0.05, 0) is 12.1 Å². The Bertz CT molecular complexity index is 635. The Balaban J connectivity index is 1.96. The summed E-state index contributed by atoms with van der Waals surface area (Å²) >= 11 is 0. The predicted molar refractivity (Wildman–Crippen MR) is 52.9 cm³/mol. The van der Waals surface area contributed by atoms with Crippen LogP contribution in [0.15, 0.2) is 22.6 Å². The molecule has 4 nitrogen and oxygen atoms in total. The summed E-state index contributed by atoms with van der Waals surface area (Å²) in [6, 6.07) is 5.33. The molecule has 3 aliphatic rings. The van der Waals surface area contributed by atoms with E-state index in [1.165, 1.54) is 0 Å². The molecule has 5 heteroatoms. The van der Waals surface area contributed by atoms with Crippen LogP contribution in [0.5, 0.6) is 0 Å². The maximum atomic E-state index is 11.7. The second kappa shape index (κ2) is 1.66. The number of nitrogen functional groups attached to an aromatic ring is 1. The van der Waals surface area contributed by atoms with Gasteiger partial charge in [0, 0.05) is 0 Å². The van der Waals surface area contributed by atoms with Crippen LogP contribution in [-0.2, 0) is 4.57 Å². The fourth-order valence-corrected chi connectivity index (χ4v) is 4.34. The molecule has 68 valence electrons. The molecule has 14 heavy (non-hydrogen) atoms. The Hall–Kier alpha value is -1.54. The van der Waals surface area contributed by atoms with Crippen LogP contribution in [0.4, 0.5) is 5.82 Å². The molecule has 2 aromatic rings. The van der Waals surface area contributed by atoms with Crippen molar-refractivity contribution in [2.45, 2.75) is 0 Å². The standard InChI is InChI=1S/C9H5N2O2P/c10-5-3-1-2-4(11-5)6-7-8-9(13-6)14(7,8)12/h1-3H,(H2,10,11). The molecule has 2 N–H and O–H groups in total. The lowest BCUT2D eigenvalue weighted by atomic mass is 10.3. The maximum absolute atomic E-state index is 11.7. The Morgan fingerprint density at radius 3 is 2.71 bits per heavy atom. The lowest BCUT2D eigenvalue weighted by Gasteiger charge is -1.95. The van der Waals surface area contributed by atoms with Crippen molar-refractivity contribution in [2.24, 2.45) is 0 Å². The number of anilines is 1. The van der Waals surface area contributed by atoms with E-state index in [0.717, 1.165) is 10.6 Å². The van der Waals surface area contributed by atoms with Crippen LogP contribution < -0.4 is 21.8 Å². The van der Waals surface area contributed by atoms with Crippen LogP contribution in [-0.4, -0.2) is 4.98 Å². The zero-order valence-electron chi connectivity index (χ0n) is 7.02. The number of hydrogen-bond acceptors (Lipinski definition) is 4. The van der Waals surface area contributed by atoms with E-state index < -0.39 is 7.14 Å². The van der Waals surface area contributed by atoms with Gasteiger partial charge >= 0.3 is 0 Å². The molecule has 0 saturated heterocycles. The minimum atomic E-state index is -2.12. The normalized spacial score (nSPS) is 24.6. The summed E-state index contributed by atoms with van der Waals surface area (Å²) in [4.78, 5) is 4.12. The van der Waals surface area contributed by atoms with Crippen LogP contribution in [0.3, 0.4) is 0 Å². The monoisotopic (exact) mass is 204 g/mol. The molecular weight excluding hydrogens is 199 g/mol. The molecule has 5 heterocycles. The Morgan fingerprint density at radius 1 is 1.36 bits per heavy atom. The highest BCUT2D eigenvalue weighted by molar-refractivity contribution is 8.06. The minimum Gasteiger partial charge on any atom is -0.449 e. The van der Waals surface area contributed by atoms with Crippen LogP contribution in [0.25, 0.3) is 11.5 Å². The smallest absolute Gasteiger partial charge is 0.214 e. The average Bonchev–Trinajstić information content (AvgIpc) is 2.82. The first-order valence-electron chi connectivity index (χ1n) is 4.24. The minimum absolute atomic E-state index is 0.451. The molecule has 0 aliphatic carbocycles. The second-order valence-electron chi connectivity index (χ2n) is 3.49. The number of nitrogens with zero attached hydrogens (tertiary/aromatic N) is 1. The van der Waals surface area contributed by atoms with Crippen LogP contribution in [0.1, 0.15) is 0 Å². The molecule has 0 amide bonds. The summed E-state index contributed by atoms with van der Waals surface area (Å²) in [6.07, 6.45) is 0. The van der Waals surface area contributed by atoms with Crippen molar-refractivity contribution in [1.29, 1.82) is 0 Å². The highest BCUT2D eigenvalue weighted by Gasteiger charge is 2.74. The van der Waals surface area contributed by atoms with E-state index in [0.29, 0.717) is 22.8 Å². The van der Waals surface area contributed by atoms with Crippen molar-refractivity contribution in [3.05, 3.63) is 18.2 Å². The van der Waals surface area contributed by atoms with E-state index in [1.807, 2.05) is 12.1 Å². The fraction of sp³-hybridized carbons (Fsp3) is 0. The van der Waals surface area contributed by atoms with Crippen molar-refractivity contribution in [2.75, 3.05) is 5.73 Å². The van der Waals surface area contributed by atoms with Gasteiger partial charge in [-0.2, -0.15) is 0 Å². The molecule has 1 atom stereocenters. The van der Waals surface area contributed by atoms with Crippen molar-refractivity contribution in [1.82, 2.24) is 4.98 Å². The van der Waals surface area contributed by atoms with Gasteiger partial charge in [-0.25, -0.2) is 4.98 Å². The number of fused-ring (bicyclic) bond motifs is 1. The lowest BCUT2D eigenvalue weighted by molar-refractivity contribution is 0.590. The molecular formula is C9H5N2O2P. The fourth-order valence-electron chi connectivity index (χ4n) is 1.85. The predicted octanol–water partition coefficient (Wildman–Crippen LogP) is 0.190. The summed E-state index contributed by atoms with van der Waals surface area (Å²) < 4.78 is 17.1. The molecule has 0 radical (unpaired) electrons. The van der Waals surface area contributed by atoms with Gasteiger partial charge in [-0.1, -0.05) is 6.07 Å². The number of pyridine rings is 1. The Kier molecular flexibility index (Phi) is 0.813. The van der Waals surface area contributed by atoms with E-state index in [4.69, 9.17) is 10.2 Å². The summed E-state index contributed by atoms with van der Waals surface area (Å²) in [5.74, 6) is 1.11. The number of rotatable bonds is 1. The molecule has 0 spiro atoms. The SMILES string of the molecule is Nc1cccc(-c2oc3c4c2P34=O)n1. The van der Waals surface area contributed by atoms with E-state index in [2.05, 4.69) is 4.98 Å². The van der Waals surface area contributed by atoms with E-state index in [9.17, 15) is 4.57 Å². The third-order valence-corrected chi connectivity index (χ3v) is 5.21. The van der Waals surface area contributed by atoms with Crippen molar-refractivity contribution < 1.29 is 8.98 Å². The quantitative estimate of drug-likeness (QED) is 0.449. The zero-order valence-corrected chi connectivity index (χ0v) is 7.91. The van der Waals surface area contributed by atoms with Gasteiger partial charge in [0.2, 0.25) is 7.14 Å². The van der Waals surface area contributed by atoms with Gasteiger partial charge in [0.15, 0.2) is 11.3 Å². The highest BCUT2D eigenvalue weighted by atomic mass is 31.2. The van der Waals surface area contributed by atoms with Gasteiger partial charge in [-0.3, -0.25) is 0 Å². The van der Waals surface area contributed by atoms with Crippen LogP contribution in [0.2, 0.25) is 0 Å². The molecule has 1 unspecified atom stereocenters. The number of aromatic nitrogens is 1. The van der Waals surface area contributed by atoms with Gasteiger partial charge in [0.25, 0.3) is 0 Å². The van der Waals surface area contributed by atoms with Gasteiger partial charge in [0.05, 0.1) is 10.6 Å². The third-order valence-electron chi connectivity index (χ3n) is 2.66. The highest BCUT2D eigenvalue weighted by Crippen LogP contribution is 2.70. The average molecular weight is 204 g/mol. The number of furan rings is 1. The molecule has 5 rings (SSSR count). The largest absolute Gasteiger partial charge is 0.449 e. The Morgan fingerprint density at radius 2 is 2.14 bits per heavy atom. The summed E-state index contributed by atoms with van der Waals surface area (Å²) in [5, 5.41) is 1.85. The van der Waals surface area contributed by atoms with E-state index in [-0.39, 0.29) is 0 Å². The lowest BCUT2D eigenvalue weighted by Crippen LogP contribution is -1.97. The van der Waals surface area contributed by atoms with Crippen molar-refractivity contribution in [3.63, 3.8) is 0 Å². The summed E-state index contributed by atoms with van der Waals surface area (Å²) in [5.41, 5.74) is 6.94. The molecule has 2 aromatic heterocycles. The molecule has 3 aliphatic heterocycles. The van der Waals surface area contributed by atoms with Crippen molar-refractivity contribution in [3.8, 4) is 11.5 Å². The molecule has 2 bridgehead atoms. The first kappa shape index (κ1) is 6.85. The topological polar surface area (TPSA) is 69.1 Å². The molecule has 0 fully saturated rings. The van der Waals surface area contributed by atoms with Gasteiger partial charge in [0.1, 0.15) is 11.5 Å². The van der Waals surface area contributed by atoms with Gasteiger partial charge in [-0.15, -0.1) is 0 Å². The van der Waals surface area contributed by atoms with E-state index in [1.54, 1.807) is 6.07 Å². The van der Waals surface area contributed by atoms with Gasteiger partial charge < -0.3 is 14.7 Å². The maximum Gasteiger partial charge on any atom is 0.214 e.